The van der Waals surface area contributed by atoms with E-state index < -0.39 is 0 Å². The first-order chi connectivity index (χ1) is 14.7. The maximum absolute atomic E-state index is 12.4. The summed E-state index contributed by atoms with van der Waals surface area (Å²) in [6.45, 7) is 0.628. The number of aryl methyl sites for hydroxylation is 2. The zero-order valence-electron chi connectivity index (χ0n) is 17.2. The summed E-state index contributed by atoms with van der Waals surface area (Å²) in [6.07, 6.45) is 3.46. The monoisotopic (exact) mass is 407 g/mol. The highest BCUT2D eigenvalue weighted by Crippen LogP contribution is 2.28. The lowest BCUT2D eigenvalue weighted by Gasteiger charge is -2.10. The van der Waals surface area contributed by atoms with Gasteiger partial charge in [-0.3, -0.25) is 4.79 Å². The maximum atomic E-state index is 12.4. The Hall–Kier alpha value is -3.41. The summed E-state index contributed by atoms with van der Waals surface area (Å²) >= 11 is 0. The van der Waals surface area contributed by atoms with E-state index in [9.17, 15) is 4.79 Å². The highest BCUT2D eigenvalue weighted by Gasteiger charge is 2.14. The predicted octanol–water partition coefficient (Wildman–Crippen LogP) is 4.29. The molecule has 2 aromatic carbocycles. The van der Waals surface area contributed by atoms with Crippen molar-refractivity contribution < 1.29 is 23.4 Å². The Labute approximate surface area is 175 Å². The van der Waals surface area contributed by atoms with Crippen molar-refractivity contribution in [3.63, 3.8) is 0 Å². The van der Waals surface area contributed by atoms with Crippen LogP contribution >= 0.6 is 0 Å². The van der Waals surface area contributed by atoms with Gasteiger partial charge in [-0.05, 0) is 72.4 Å². The van der Waals surface area contributed by atoms with Crippen molar-refractivity contribution in [3.05, 3.63) is 76.7 Å². The molecule has 1 aliphatic carbocycles. The van der Waals surface area contributed by atoms with Crippen molar-refractivity contribution >= 4 is 5.91 Å². The molecule has 1 N–H and O–H groups in total. The van der Waals surface area contributed by atoms with Crippen LogP contribution in [0.5, 0.6) is 17.2 Å². The maximum Gasteiger partial charge on any atom is 0.287 e. The fraction of sp³-hybridized carbons (Fsp3) is 0.292. The summed E-state index contributed by atoms with van der Waals surface area (Å²) in [6, 6.07) is 15.2. The lowest BCUT2D eigenvalue weighted by Crippen LogP contribution is -2.22. The number of hydrogen-bond acceptors (Lipinski definition) is 5. The quantitative estimate of drug-likeness (QED) is 0.603. The van der Waals surface area contributed by atoms with Gasteiger partial charge in [0.05, 0.1) is 14.2 Å². The summed E-state index contributed by atoms with van der Waals surface area (Å²) in [5.41, 5.74) is 3.67. The highest BCUT2D eigenvalue weighted by molar-refractivity contribution is 5.91. The number of hydrogen-bond donors (Lipinski definition) is 1. The molecule has 0 radical (unpaired) electrons. The highest BCUT2D eigenvalue weighted by atomic mass is 16.5. The largest absolute Gasteiger partial charge is 0.493 e. The SMILES string of the molecule is COc1ccc(CNC(=O)c2ccc(COc3ccc4c(c3)CCC4)o2)cc1OC. The topological polar surface area (TPSA) is 69.9 Å². The van der Waals surface area contributed by atoms with Crippen molar-refractivity contribution in [1.29, 1.82) is 0 Å². The third kappa shape index (κ3) is 4.43. The summed E-state index contributed by atoms with van der Waals surface area (Å²) < 4.78 is 22.0. The van der Waals surface area contributed by atoms with Crippen molar-refractivity contribution in [1.82, 2.24) is 5.32 Å². The van der Waals surface area contributed by atoms with Gasteiger partial charge in [0, 0.05) is 6.54 Å². The number of carbonyl (C=O) groups is 1. The molecule has 0 unspecified atom stereocenters. The van der Waals surface area contributed by atoms with Gasteiger partial charge in [-0.15, -0.1) is 0 Å². The number of rotatable bonds is 8. The molecular formula is C24H25NO5. The molecule has 3 aromatic rings. The standard InChI is InChI=1S/C24H25NO5/c1-27-21-10-6-16(12-23(21)28-2)14-25-24(26)22-11-9-20(30-22)15-29-19-8-7-17-4-3-5-18(17)13-19/h6-13H,3-5,14-15H2,1-2H3,(H,25,26). The van der Waals surface area contributed by atoms with Crippen molar-refractivity contribution in [2.45, 2.75) is 32.4 Å². The molecule has 1 heterocycles. The molecule has 0 bridgehead atoms. The van der Waals surface area contributed by atoms with E-state index in [-0.39, 0.29) is 18.3 Å². The van der Waals surface area contributed by atoms with Crippen LogP contribution < -0.4 is 19.5 Å². The number of carbonyl (C=O) groups excluding carboxylic acids is 1. The lowest BCUT2D eigenvalue weighted by molar-refractivity contribution is 0.0919. The Morgan fingerprint density at radius 2 is 1.80 bits per heavy atom. The molecule has 1 amide bonds. The molecule has 4 rings (SSSR count). The Bertz CT molecular complexity index is 1040. The Morgan fingerprint density at radius 1 is 0.967 bits per heavy atom. The molecule has 0 saturated heterocycles. The molecule has 156 valence electrons. The number of methoxy groups -OCH3 is 2. The van der Waals surface area contributed by atoms with Crippen LogP contribution in [0.25, 0.3) is 0 Å². The third-order valence-electron chi connectivity index (χ3n) is 5.24. The molecule has 30 heavy (non-hydrogen) atoms. The predicted molar refractivity (Wildman–Crippen MR) is 112 cm³/mol. The number of nitrogens with one attached hydrogen (secondary N) is 1. The van der Waals surface area contributed by atoms with Crippen LogP contribution in [0.3, 0.4) is 0 Å². The first kappa shape index (κ1) is 19.9. The fourth-order valence-corrected chi connectivity index (χ4v) is 3.63. The van der Waals surface area contributed by atoms with Gasteiger partial charge in [0.2, 0.25) is 0 Å². The Morgan fingerprint density at radius 3 is 2.63 bits per heavy atom. The van der Waals surface area contributed by atoms with E-state index in [2.05, 4.69) is 17.4 Å². The zero-order chi connectivity index (χ0) is 20.9. The van der Waals surface area contributed by atoms with E-state index >= 15 is 0 Å². The molecular weight excluding hydrogens is 382 g/mol. The first-order valence-corrected chi connectivity index (χ1v) is 9.98. The average molecular weight is 407 g/mol. The van der Waals surface area contributed by atoms with Crippen LogP contribution in [-0.2, 0) is 26.0 Å². The van der Waals surface area contributed by atoms with Crippen molar-refractivity contribution in [2.24, 2.45) is 0 Å². The lowest BCUT2D eigenvalue weighted by atomic mass is 10.1. The first-order valence-electron chi connectivity index (χ1n) is 9.98. The minimum atomic E-state index is -0.284. The summed E-state index contributed by atoms with van der Waals surface area (Å²) in [5, 5.41) is 2.85. The number of fused-ring (bicyclic) bond motifs is 1. The minimum Gasteiger partial charge on any atom is -0.493 e. The van der Waals surface area contributed by atoms with Crippen molar-refractivity contribution in [3.8, 4) is 17.2 Å². The molecule has 0 saturated carbocycles. The molecule has 0 fully saturated rings. The van der Waals surface area contributed by atoms with Crippen LogP contribution in [0.4, 0.5) is 0 Å². The minimum absolute atomic E-state index is 0.253. The molecule has 0 aliphatic heterocycles. The number of benzene rings is 2. The number of ether oxygens (including phenoxy) is 3. The zero-order valence-corrected chi connectivity index (χ0v) is 17.2. The molecule has 6 heteroatoms. The molecule has 6 nitrogen and oxygen atoms in total. The van der Waals surface area contributed by atoms with E-state index in [0.29, 0.717) is 23.8 Å². The van der Waals surface area contributed by atoms with Gasteiger partial charge in [0.25, 0.3) is 5.91 Å². The Kier molecular flexibility index (Phi) is 5.93. The normalized spacial score (nSPS) is 12.3. The van der Waals surface area contributed by atoms with Gasteiger partial charge in [-0.25, -0.2) is 0 Å². The van der Waals surface area contributed by atoms with Gasteiger partial charge in [0.15, 0.2) is 17.3 Å². The van der Waals surface area contributed by atoms with Gasteiger partial charge >= 0.3 is 0 Å². The van der Waals surface area contributed by atoms with E-state index in [1.165, 1.54) is 17.5 Å². The van der Waals surface area contributed by atoms with Crippen LogP contribution in [0.1, 0.15) is 39.4 Å². The van der Waals surface area contributed by atoms with E-state index in [1.807, 2.05) is 24.3 Å². The second kappa shape index (κ2) is 8.95. The smallest absolute Gasteiger partial charge is 0.287 e. The number of amides is 1. The van der Waals surface area contributed by atoms with Crippen molar-refractivity contribution in [2.75, 3.05) is 14.2 Å². The van der Waals surface area contributed by atoms with E-state index in [4.69, 9.17) is 18.6 Å². The average Bonchev–Trinajstić information content (AvgIpc) is 3.44. The van der Waals surface area contributed by atoms with Gasteiger partial charge in [-0.2, -0.15) is 0 Å². The van der Waals surface area contributed by atoms with Crippen LogP contribution in [0, 0.1) is 0 Å². The summed E-state index contributed by atoms with van der Waals surface area (Å²) in [4.78, 5) is 12.4. The third-order valence-corrected chi connectivity index (χ3v) is 5.24. The Balaban J connectivity index is 1.31. The molecule has 1 aliphatic rings. The molecule has 0 spiro atoms. The van der Waals surface area contributed by atoms with E-state index in [1.54, 1.807) is 26.4 Å². The van der Waals surface area contributed by atoms with Crippen LogP contribution in [0.15, 0.2) is 52.9 Å². The number of furan rings is 1. The van der Waals surface area contributed by atoms with Gasteiger partial charge in [-0.1, -0.05) is 12.1 Å². The van der Waals surface area contributed by atoms with Gasteiger partial charge in [0.1, 0.15) is 18.1 Å². The van der Waals surface area contributed by atoms with Crippen LogP contribution in [0.2, 0.25) is 0 Å². The van der Waals surface area contributed by atoms with Gasteiger partial charge < -0.3 is 23.9 Å². The van der Waals surface area contributed by atoms with Crippen LogP contribution in [-0.4, -0.2) is 20.1 Å². The second-order valence-electron chi connectivity index (χ2n) is 7.21. The molecule has 1 aromatic heterocycles. The second-order valence-corrected chi connectivity index (χ2v) is 7.21. The molecule has 0 atom stereocenters. The van der Waals surface area contributed by atoms with E-state index in [0.717, 1.165) is 24.2 Å². The summed E-state index contributed by atoms with van der Waals surface area (Å²) in [5.74, 6) is 2.66. The summed E-state index contributed by atoms with van der Waals surface area (Å²) in [7, 11) is 3.16. The fourth-order valence-electron chi connectivity index (χ4n) is 3.63.